The molecule has 0 amide bonds. The summed E-state index contributed by atoms with van der Waals surface area (Å²) in [5.41, 5.74) is 0.446. The van der Waals surface area contributed by atoms with E-state index in [1.807, 2.05) is 48.6 Å². The standard InChI is InChI=1S/C13H12O2/c14-13(15)12(11-7-3-4-8-11)9-10-5-1-2-6-10/h1-11H,(H,14,15). The molecule has 0 atom stereocenters. The predicted molar refractivity (Wildman–Crippen MR) is 59.3 cm³/mol. The van der Waals surface area contributed by atoms with E-state index in [9.17, 15) is 4.79 Å². The molecular formula is C13H12O2. The van der Waals surface area contributed by atoms with Crippen LogP contribution in [0.3, 0.4) is 0 Å². The second kappa shape index (κ2) is 4.13. The molecule has 0 fully saturated rings. The lowest BCUT2D eigenvalue weighted by atomic mass is 9.96. The maximum atomic E-state index is 11.1. The summed E-state index contributed by atoms with van der Waals surface area (Å²) in [6, 6.07) is 0. The largest absolute Gasteiger partial charge is 0.478 e. The van der Waals surface area contributed by atoms with Gasteiger partial charge >= 0.3 is 5.97 Å². The Morgan fingerprint density at radius 1 is 1.00 bits per heavy atom. The van der Waals surface area contributed by atoms with Crippen LogP contribution in [0.2, 0.25) is 0 Å². The molecule has 1 N–H and O–H groups in total. The number of hydrogen-bond acceptors (Lipinski definition) is 1. The van der Waals surface area contributed by atoms with Gasteiger partial charge < -0.3 is 5.11 Å². The molecular weight excluding hydrogens is 188 g/mol. The molecule has 76 valence electrons. The van der Waals surface area contributed by atoms with Crippen molar-refractivity contribution < 1.29 is 9.90 Å². The maximum Gasteiger partial charge on any atom is 0.332 e. The van der Waals surface area contributed by atoms with Crippen LogP contribution in [-0.4, -0.2) is 11.1 Å². The Hall–Kier alpha value is -1.83. The van der Waals surface area contributed by atoms with E-state index in [0.717, 1.165) is 0 Å². The lowest BCUT2D eigenvalue weighted by molar-refractivity contribution is -0.133. The third kappa shape index (κ3) is 2.15. The third-order valence-corrected chi connectivity index (χ3v) is 2.50. The zero-order valence-corrected chi connectivity index (χ0v) is 8.21. The van der Waals surface area contributed by atoms with Crippen LogP contribution in [0.1, 0.15) is 0 Å². The van der Waals surface area contributed by atoms with Gasteiger partial charge in [-0.3, -0.25) is 0 Å². The summed E-state index contributed by atoms with van der Waals surface area (Å²) in [5, 5.41) is 9.11. The molecule has 0 unspecified atom stereocenters. The second-order valence-electron chi connectivity index (χ2n) is 3.57. The van der Waals surface area contributed by atoms with Gasteiger partial charge in [-0.2, -0.15) is 0 Å². The fourth-order valence-corrected chi connectivity index (χ4v) is 1.73. The minimum absolute atomic E-state index is 0.0788. The van der Waals surface area contributed by atoms with Crippen molar-refractivity contribution in [1.82, 2.24) is 0 Å². The molecule has 2 rings (SSSR count). The first-order valence-corrected chi connectivity index (χ1v) is 4.92. The molecule has 0 heterocycles. The number of rotatable bonds is 3. The fourth-order valence-electron chi connectivity index (χ4n) is 1.73. The quantitative estimate of drug-likeness (QED) is 0.710. The van der Waals surface area contributed by atoms with E-state index in [-0.39, 0.29) is 11.8 Å². The van der Waals surface area contributed by atoms with Crippen LogP contribution in [0.25, 0.3) is 0 Å². The molecule has 0 aliphatic heterocycles. The third-order valence-electron chi connectivity index (χ3n) is 2.50. The Morgan fingerprint density at radius 2 is 1.53 bits per heavy atom. The van der Waals surface area contributed by atoms with Gasteiger partial charge in [0.2, 0.25) is 0 Å². The first-order chi connectivity index (χ1) is 7.27. The van der Waals surface area contributed by atoms with Crippen LogP contribution in [-0.2, 0) is 4.79 Å². The number of aliphatic carboxylic acids is 1. The molecule has 0 spiro atoms. The first kappa shape index (κ1) is 9.71. The van der Waals surface area contributed by atoms with E-state index in [4.69, 9.17) is 5.11 Å². The van der Waals surface area contributed by atoms with Crippen molar-refractivity contribution in [2.45, 2.75) is 0 Å². The van der Waals surface area contributed by atoms with Gasteiger partial charge in [-0.1, -0.05) is 54.7 Å². The van der Waals surface area contributed by atoms with Crippen LogP contribution in [0, 0.1) is 11.8 Å². The van der Waals surface area contributed by atoms with Gasteiger partial charge in [0.25, 0.3) is 0 Å². The summed E-state index contributed by atoms with van der Waals surface area (Å²) >= 11 is 0. The molecule has 0 saturated heterocycles. The zero-order chi connectivity index (χ0) is 10.7. The molecule has 0 aromatic heterocycles. The van der Waals surface area contributed by atoms with E-state index in [2.05, 4.69) is 0 Å². The fraction of sp³-hybridized carbons (Fsp3) is 0.154. The van der Waals surface area contributed by atoms with Crippen LogP contribution >= 0.6 is 0 Å². The van der Waals surface area contributed by atoms with E-state index in [1.54, 1.807) is 6.08 Å². The van der Waals surface area contributed by atoms with Gasteiger partial charge in [0.15, 0.2) is 0 Å². The van der Waals surface area contributed by atoms with Crippen LogP contribution < -0.4 is 0 Å². The normalized spacial score (nSPS) is 20.7. The molecule has 0 aromatic carbocycles. The highest BCUT2D eigenvalue weighted by Crippen LogP contribution is 2.23. The second-order valence-corrected chi connectivity index (χ2v) is 3.57. The molecule has 0 bridgehead atoms. The molecule has 2 aliphatic carbocycles. The van der Waals surface area contributed by atoms with Crippen molar-refractivity contribution in [3.05, 3.63) is 60.3 Å². The van der Waals surface area contributed by atoms with Crippen molar-refractivity contribution in [3.8, 4) is 0 Å². The Labute approximate surface area is 88.6 Å². The van der Waals surface area contributed by atoms with Gasteiger partial charge in [-0.05, 0) is 0 Å². The molecule has 0 saturated carbocycles. The Morgan fingerprint density at radius 3 is 2.07 bits per heavy atom. The van der Waals surface area contributed by atoms with Crippen molar-refractivity contribution in [3.63, 3.8) is 0 Å². The average Bonchev–Trinajstić information content (AvgIpc) is 2.87. The minimum Gasteiger partial charge on any atom is -0.478 e. The van der Waals surface area contributed by atoms with E-state index in [1.165, 1.54) is 0 Å². The molecule has 15 heavy (non-hydrogen) atoms. The minimum atomic E-state index is -0.843. The highest BCUT2D eigenvalue weighted by atomic mass is 16.4. The van der Waals surface area contributed by atoms with Gasteiger partial charge in [0.05, 0.1) is 0 Å². The number of carboxylic acid groups (broad SMARTS) is 1. The van der Waals surface area contributed by atoms with Crippen LogP contribution in [0.5, 0.6) is 0 Å². The van der Waals surface area contributed by atoms with Crippen LogP contribution in [0.15, 0.2) is 60.3 Å². The lowest BCUT2D eigenvalue weighted by Gasteiger charge is -2.08. The maximum absolute atomic E-state index is 11.1. The number of carbonyl (C=O) groups is 1. The summed E-state index contributed by atoms with van der Waals surface area (Å²) in [4.78, 5) is 11.1. The van der Waals surface area contributed by atoms with Gasteiger partial charge in [-0.25, -0.2) is 4.79 Å². The van der Waals surface area contributed by atoms with E-state index in [0.29, 0.717) is 5.57 Å². The topological polar surface area (TPSA) is 37.3 Å². The van der Waals surface area contributed by atoms with Crippen molar-refractivity contribution >= 4 is 5.97 Å². The summed E-state index contributed by atoms with van der Waals surface area (Å²) in [7, 11) is 0. The summed E-state index contributed by atoms with van der Waals surface area (Å²) < 4.78 is 0. The van der Waals surface area contributed by atoms with Crippen molar-refractivity contribution in [1.29, 1.82) is 0 Å². The van der Waals surface area contributed by atoms with E-state index < -0.39 is 5.97 Å². The summed E-state index contributed by atoms with van der Waals surface area (Å²) in [6.07, 6.45) is 17.2. The van der Waals surface area contributed by atoms with Crippen molar-refractivity contribution in [2.24, 2.45) is 11.8 Å². The van der Waals surface area contributed by atoms with Crippen LogP contribution in [0.4, 0.5) is 0 Å². The average molecular weight is 200 g/mol. The lowest BCUT2D eigenvalue weighted by Crippen LogP contribution is -2.09. The Balaban J connectivity index is 2.22. The Bertz CT molecular complexity index is 384. The molecule has 2 heteroatoms. The highest BCUT2D eigenvalue weighted by Gasteiger charge is 2.18. The highest BCUT2D eigenvalue weighted by molar-refractivity contribution is 5.88. The number of hydrogen-bond donors (Lipinski definition) is 1. The molecule has 2 aliphatic rings. The van der Waals surface area contributed by atoms with Crippen molar-refractivity contribution in [2.75, 3.05) is 0 Å². The smallest absolute Gasteiger partial charge is 0.332 e. The molecule has 2 nitrogen and oxygen atoms in total. The SMILES string of the molecule is O=C(O)C(=CC1C=CC=C1)C1C=CC=C1. The first-order valence-electron chi connectivity index (χ1n) is 4.92. The van der Waals surface area contributed by atoms with Gasteiger partial charge in [0, 0.05) is 17.4 Å². The summed E-state index contributed by atoms with van der Waals surface area (Å²) in [5.74, 6) is -0.798. The molecule has 0 aromatic rings. The molecule has 0 radical (unpaired) electrons. The van der Waals surface area contributed by atoms with Gasteiger partial charge in [0.1, 0.15) is 0 Å². The summed E-state index contributed by atoms with van der Waals surface area (Å²) in [6.45, 7) is 0. The monoisotopic (exact) mass is 200 g/mol. The number of carboxylic acids is 1. The number of allylic oxidation sites excluding steroid dienone is 9. The van der Waals surface area contributed by atoms with E-state index >= 15 is 0 Å². The van der Waals surface area contributed by atoms with Gasteiger partial charge in [-0.15, -0.1) is 0 Å². The predicted octanol–water partition coefficient (Wildman–Crippen LogP) is 2.48. The zero-order valence-electron chi connectivity index (χ0n) is 8.21. The Kier molecular flexibility index (Phi) is 2.68.